The zero-order chi connectivity index (χ0) is 16.0. The third-order valence-corrected chi connectivity index (χ3v) is 3.88. The second kappa shape index (κ2) is 7.40. The standard InChI is InChI=1S/C14H25N3O4/c1-14(2,13(21)15-3)9-16-8-11(18)17-6-4-10(5-7-17)12(19)20/h10,16H,4-9H2,1-3H3,(H,15,21)(H,19,20). The molecule has 1 rings (SSSR count). The number of nitrogens with one attached hydrogen (secondary N) is 2. The number of nitrogens with zero attached hydrogens (tertiary/aromatic N) is 1. The van der Waals surface area contributed by atoms with Gasteiger partial charge >= 0.3 is 5.97 Å². The van der Waals surface area contributed by atoms with Crippen molar-refractivity contribution < 1.29 is 19.5 Å². The van der Waals surface area contributed by atoms with Crippen LogP contribution in [0.5, 0.6) is 0 Å². The van der Waals surface area contributed by atoms with E-state index in [4.69, 9.17) is 5.11 Å². The van der Waals surface area contributed by atoms with Crippen LogP contribution in [0.15, 0.2) is 0 Å². The second-order valence-electron chi connectivity index (χ2n) is 6.06. The molecule has 0 saturated carbocycles. The van der Waals surface area contributed by atoms with E-state index in [1.807, 2.05) is 13.8 Å². The van der Waals surface area contributed by atoms with Crippen LogP contribution in [0.25, 0.3) is 0 Å². The van der Waals surface area contributed by atoms with Gasteiger partial charge in [-0.05, 0) is 26.7 Å². The maximum atomic E-state index is 12.0. The van der Waals surface area contributed by atoms with Gasteiger partial charge in [0.15, 0.2) is 0 Å². The Morgan fingerprint density at radius 1 is 1.24 bits per heavy atom. The first-order valence-corrected chi connectivity index (χ1v) is 7.21. The SMILES string of the molecule is CNC(=O)C(C)(C)CNCC(=O)N1CCC(C(=O)O)CC1. The maximum Gasteiger partial charge on any atom is 0.306 e. The molecule has 0 unspecified atom stereocenters. The molecule has 0 aliphatic carbocycles. The Morgan fingerprint density at radius 2 is 1.81 bits per heavy atom. The molecule has 0 aromatic rings. The highest BCUT2D eigenvalue weighted by molar-refractivity contribution is 5.82. The smallest absolute Gasteiger partial charge is 0.306 e. The quantitative estimate of drug-likeness (QED) is 0.624. The van der Waals surface area contributed by atoms with Crippen LogP contribution in [0, 0.1) is 11.3 Å². The molecule has 1 saturated heterocycles. The molecule has 21 heavy (non-hydrogen) atoms. The van der Waals surface area contributed by atoms with Gasteiger partial charge < -0.3 is 20.6 Å². The van der Waals surface area contributed by atoms with Crippen LogP contribution in [0.2, 0.25) is 0 Å². The van der Waals surface area contributed by atoms with Crippen molar-refractivity contribution >= 4 is 17.8 Å². The average Bonchev–Trinajstić information content (AvgIpc) is 2.46. The van der Waals surface area contributed by atoms with Crippen LogP contribution in [0.1, 0.15) is 26.7 Å². The number of carboxylic acid groups (broad SMARTS) is 1. The number of rotatable bonds is 6. The molecule has 0 aromatic carbocycles. The number of hydrogen-bond acceptors (Lipinski definition) is 4. The van der Waals surface area contributed by atoms with Crippen LogP contribution >= 0.6 is 0 Å². The van der Waals surface area contributed by atoms with E-state index in [9.17, 15) is 14.4 Å². The van der Waals surface area contributed by atoms with Crippen LogP contribution in [-0.4, -0.2) is 61.0 Å². The van der Waals surface area contributed by atoms with E-state index in [-0.39, 0.29) is 24.3 Å². The number of carbonyl (C=O) groups is 3. The molecule has 0 radical (unpaired) electrons. The molecule has 0 spiro atoms. The fourth-order valence-corrected chi connectivity index (χ4v) is 2.39. The Hall–Kier alpha value is -1.63. The Labute approximate surface area is 125 Å². The summed E-state index contributed by atoms with van der Waals surface area (Å²) in [4.78, 5) is 36.2. The molecule has 2 amide bonds. The lowest BCUT2D eigenvalue weighted by molar-refractivity contribution is -0.145. The van der Waals surface area contributed by atoms with Gasteiger partial charge in [0.2, 0.25) is 11.8 Å². The normalized spacial score (nSPS) is 16.6. The highest BCUT2D eigenvalue weighted by Crippen LogP contribution is 2.17. The van der Waals surface area contributed by atoms with Gasteiger partial charge in [-0.25, -0.2) is 0 Å². The topological polar surface area (TPSA) is 98.7 Å². The Kier molecular flexibility index (Phi) is 6.14. The molecule has 120 valence electrons. The number of likely N-dealkylation sites (tertiary alicyclic amines) is 1. The number of aliphatic carboxylic acids is 1. The predicted octanol–water partition coefficient (Wildman–Crippen LogP) is -0.329. The summed E-state index contributed by atoms with van der Waals surface area (Å²) in [6.45, 7) is 5.15. The molecule has 1 aliphatic heterocycles. The molecule has 1 fully saturated rings. The molecule has 1 heterocycles. The summed E-state index contributed by atoms with van der Waals surface area (Å²) in [5.74, 6) is -1.25. The lowest BCUT2D eigenvalue weighted by atomic mass is 9.92. The van der Waals surface area contributed by atoms with Crippen molar-refractivity contribution in [1.82, 2.24) is 15.5 Å². The van der Waals surface area contributed by atoms with Gasteiger partial charge in [0, 0.05) is 26.7 Å². The van der Waals surface area contributed by atoms with Crippen LogP contribution < -0.4 is 10.6 Å². The molecule has 0 aromatic heterocycles. The van der Waals surface area contributed by atoms with E-state index in [0.717, 1.165) is 0 Å². The van der Waals surface area contributed by atoms with E-state index in [2.05, 4.69) is 10.6 Å². The zero-order valence-electron chi connectivity index (χ0n) is 12.9. The highest BCUT2D eigenvalue weighted by atomic mass is 16.4. The van der Waals surface area contributed by atoms with Crippen LogP contribution in [0.3, 0.4) is 0 Å². The summed E-state index contributed by atoms with van der Waals surface area (Å²) in [7, 11) is 1.59. The van der Waals surface area contributed by atoms with Crippen molar-refractivity contribution in [3.05, 3.63) is 0 Å². The van der Waals surface area contributed by atoms with Crippen LogP contribution in [0.4, 0.5) is 0 Å². The van der Waals surface area contributed by atoms with Gasteiger partial charge in [-0.15, -0.1) is 0 Å². The molecule has 7 nitrogen and oxygen atoms in total. The zero-order valence-corrected chi connectivity index (χ0v) is 12.9. The Morgan fingerprint density at radius 3 is 2.29 bits per heavy atom. The van der Waals surface area contributed by atoms with Crippen molar-refractivity contribution in [1.29, 1.82) is 0 Å². The molecular weight excluding hydrogens is 274 g/mol. The monoisotopic (exact) mass is 299 g/mol. The summed E-state index contributed by atoms with van der Waals surface area (Å²) in [5.41, 5.74) is -0.578. The molecular formula is C14H25N3O4. The minimum Gasteiger partial charge on any atom is -0.481 e. The van der Waals surface area contributed by atoms with E-state index < -0.39 is 11.4 Å². The molecule has 1 aliphatic rings. The fraction of sp³-hybridized carbons (Fsp3) is 0.786. The number of amides is 2. The van der Waals surface area contributed by atoms with Crippen molar-refractivity contribution in [2.45, 2.75) is 26.7 Å². The lowest BCUT2D eigenvalue weighted by Gasteiger charge is -2.30. The van der Waals surface area contributed by atoms with Crippen molar-refractivity contribution in [3.8, 4) is 0 Å². The summed E-state index contributed by atoms with van der Waals surface area (Å²) < 4.78 is 0. The van der Waals surface area contributed by atoms with Gasteiger partial charge in [-0.3, -0.25) is 14.4 Å². The van der Waals surface area contributed by atoms with Crippen LogP contribution in [-0.2, 0) is 14.4 Å². The predicted molar refractivity (Wildman–Crippen MR) is 77.7 cm³/mol. The van der Waals surface area contributed by atoms with Gasteiger partial charge in [0.05, 0.1) is 17.9 Å². The van der Waals surface area contributed by atoms with E-state index >= 15 is 0 Å². The number of hydrogen-bond donors (Lipinski definition) is 3. The second-order valence-corrected chi connectivity index (χ2v) is 6.06. The highest BCUT2D eigenvalue weighted by Gasteiger charge is 2.28. The molecule has 3 N–H and O–H groups in total. The Balaban J connectivity index is 2.32. The maximum absolute atomic E-state index is 12.0. The molecule has 0 bridgehead atoms. The summed E-state index contributed by atoms with van der Waals surface area (Å²) in [5, 5.41) is 14.5. The van der Waals surface area contributed by atoms with E-state index in [1.165, 1.54) is 0 Å². The van der Waals surface area contributed by atoms with E-state index in [0.29, 0.717) is 32.5 Å². The first-order valence-electron chi connectivity index (χ1n) is 7.21. The summed E-state index contributed by atoms with van der Waals surface area (Å²) in [6, 6.07) is 0. The third kappa shape index (κ3) is 5.00. The average molecular weight is 299 g/mol. The van der Waals surface area contributed by atoms with Crippen molar-refractivity contribution in [2.24, 2.45) is 11.3 Å². The largest absolute Gasteiger partial charge is 0.481 e. The van der Waals surface area contributed by atoms with Gasteiger partial charge in [0.25, 0.3) is 0 Å². The first kappa shape index (κ1) is 17.4. The summed E-state index contributed by atoms with van der Waals surface area (Å²) >= 11 is 0. The number of piperidine rings is 1. The minimum atomic E-state index is -0.785. The lowest BCUT2D eigenvalue weighted by Crippen LogP contribution is -2.47. The first-order chi connectivity index (χ1) is 9.77. The third-order valence-electron chi connectivity index (χ3n) is 3.88. The fourth-order valence-electron chi connectivity index (χ4n) is 2.39. The van der Waals surface area contributed by atoms with Gasteiger partial charge in [0.1, 0.15) is 0 Å². The van der Waals surface area contributed by atoms with Gasteiger partial charge in [-0.2, -0.15) is 0 Å². The summed E-state index contributed by atoms with van der Waals surface area (Å²) in [6.07, 6.45) is 1.01. The molecule has 0 atom stereocenters. The molecule has 7 heteroatoms. The Bertz CT molecular complexity index is 401. The minimum absolute atomic E-state index is 0.0495. The van der Waals surface area contributed by atoms with Crippen molar-refractivity contribution in [3.63, 3.8) is 0 Å². The van der Waals surface area contributed by atoms with Gasteiger partial charge in [-0.1, -0.05) is 0 Å². The number of carboxylic acids is 1. The van der Waals surface area contributed by atoms with E-state index in [1.54, 1.807) is 11.9 Å². The van der Waals surface area contributed by atoms with Crippen molar-refractivity contribution in [2.75, 3.05) is 33.2 Å². The number of carbonyl (C=O) groups excluding carboxylic acids is 2.